The Balaban J connectivity index is 1.50. The van der Waals surface area contributed by atoms with Gasteiger partial charge in [0.1, 0.15) is 0 Å². The van der Waals surface area contributed by atoms with Gasteiger partial charge >= 0.3 is 0 Å². The fourth-order valence-electron chi connectivity index (χ4n) is 4.47. The number of amides is 1. The summed E-state index contributed by atoms with van der Waals surface area (Å²) in [5.74, 6) is -0.416. The van der Waals surface area contributed by atoms with E-state index in [1.165, 1.54) is 16.8 Å². The molecule has 2 aromatic rings. The van der Waals surface area contributed by atoms with E-state index in [4.69, 9.17) is 15.5 Å². The molecule has 1 atom stereocenters. The van der Waals surface area contributed by atoms with Gasteiger partial charge in [0.25, 0.3) is 5.91 Å². The molecule has 0 radical (unpaired) electrons. The van der Waals surface area contributed by atoms with Crippen LogP contribution in [0.5, 0.6) is 0 Å². The average molecular weight is 395 g/mol. The molecule has 0 spiro atoms. The molecule has 154 valence electrons. The molecule has 1 aromatic carbocycles. The van der Waals surface area contributed by atoms with E-state index in [1.807, 2.05) is 19.1 Å². The summed E-state index contributed by atoms with van der Waals surface area (Å²) in [6.45, 7) is 9.56. The number of benzene rings is 1. The molecule has 1 aromatic heterocycles. The van der Waals surface area contributed by atoms with Gasteiger partial charge in [-0.3, -0.25) is 14.7 Å². The van der Waals surface area contributed by atoms with Gasteiger partial charge in [0.15, 0.2) is 0 Å². The number of likely N-dealkylation sites (tertiary alicyclic amines) is 1. The van der Waals surface area contributed by atoms with Gasteiger partial charge in [-0.15, -0.1) is 0 Å². The molecule has 29 heavy (non-hydrogen) atoms. The molecule has 4 rings (SSSR count). The standard InChI is InChI=1S/C23H30N4O2/c1-16-14-19(26-10-12-29-13-11-26)6-5-18(16)15-27-9-3-4-22(27)21-8-7-20(23(24)28)17(2)25-21/h5-8,14,22H,3-4,9-13,15H2,1-2H3,(H2,24,28). The molecule has 6 heteroatoms. The first-order valence-corrected chi connectivity index (χ1v) is 10.5. The molecule has 3 heterocycles. The molecule has 2 aliphatic rings. The zero-order valence-corrected chi connectivity index (χ0v) is 17.4. The number of hydrogen-bond donors (Lipinski definition) is 1. The number of rotatable bonds is 5. The third kappa shape index (κ3) is 4.28. The maximum atomic E-state index is 11.5. The number of ether oxygens (including phenoxy) is 1. The van der Waals surface area contributed by atoms with Gasteiger partial charge in [0, 0.05) is 25.3 Å². The van der Waals surface area contributed by atoms with Crippen LogP contribution in [-0.4, -0.2) is 48.6 Å². The summed E-state index contributed by atoms with van der Waals surface area (Å²) in [4.78, 5) is 21.1. The SMILES string of the molecule is Cc1cc(N2CCOCC2)ccc1CN1CCCC1c1ccc(C(N)=O)c(C)n1. The van der Waals surface area contributed by atoms with Crippen LogP contribution in [0.3, 0.4) is 0 Å². The second-order valence-corrected chi connectivity index (χ2v) is 8.07. The average Bonchev–Trinajstić information content (AvgIpc) is 3.18. The van der Waals surface area contributed by atoms with Gasteiger partial charge in [0.2, 0.25) is 0 Å². The maximum Gasteiger partial charge on any atom is 0.250 e. The van der Waals surface area contributed by atoms with Gasteiger partial charge in [-0.05, 0) is 68.6 Å². The summed E-state index contributed by atoms with van der Waals surface area (Å²) in [5, 5.41) is 0. The number of hydrogen-bond acceptors (Lipinski definition) is 5. The predicted molar refractivity (Wildman–Crippen MR) is 114 cm³/mol. The van der Waals surface area contributed by atoms with Gasteiger partial charge in [-0.2, -0.15) is 0 Å². The van der Waals surface area contributed by atoms with E-state index >= 15 is 0 Å². The maximum absolute atomic E-state index is 11.5. The Labute approximate surface area is 172 Å². The van der Waals surface area contributed by atoms with Crippen LogP contribution >= 0.6 is 0 Å². The number of anilines is 1. The third-order valence-electron chi connectivity index (χ3n) is 6.15. The van der Waals surface area contributed by atoms with Crippen molar-refractivity contribution in [1.82, 2.24) is 9.88 Å². The van der Waals surface area contributed by atoms with Gasteiger partial charge in [-0.1, -0.05) is 6.07 Å². The van der Waals surface area contributed by atoms with Crippen LogP contribution in [0.25, 0.3) is 0 Å². The van der Waals surface area contributed by atoms with Crippen molar-refractivity contribution in [2.24, 2.45) is 5.73 Å². The molecule has 2 fully saturated rings. The van der Waals surface area contributed by atoms with Gasteiger partial charge < -0.3 is 15.4 Å². The highest BCUT2D eigenvalue weighted by molar-refractivity contribution is 5.93. The largest absolute Gasteiger partial charge is 0.378 e. The van der Waals surface area contributed by atoms with Crippen LogP contribution in [-0.2, 0) is 11.3 Å². The highest BCUT2D eigenvalue weighted by Crippen LogP contribution is 2.33. The van der Waals surface area contributed by atoms with Crippen LogP contribution in [0.1, 0.15) is 51.8 Å². The van der Waals surface area contributed by atoms with Crippen molar-refractivity contribution < 1.29 is 9.53 Å². The van der Waals surface area contributed by atoms with E-state index in [9.17, 15) is 4.79 Å². The lowest BCUT2D eigenvalue weighted by Crippen LogP contribution is -2.36. The molecule has 1 unspecified atom stereocenters. The summed E-state index contributed by atoms with van der Waals surface area (Å²) >= 11 is 0. The van der Waals surface area contributed by atoms with Crippen LogP contribution in [0.15, 0.2) is 30.3 Å². The lowest BCUT2D eigenvalue weighted by molar-refractivity contribution is 0.0999. The number of aromatic nitrogens is 1. The summed E-state index contributed by atoms with van der Waals surface area (Å²) in [5.41, 5.74) is 11.7. The molecule has 0 aliphatic carbocycles. The molecular weight excluding hydrogens is 364 g/mol. The van der Waals surface area contributed by atoms with Crippen molar-refractivity contribution in [2.75, 3.05) is 37.7 Å². The first-order valence-electron chi connectivity index (χ1n) is 10.5. The number of pyridine rings is 1. The molecule has 2 N–H and O–H groups in total. The molecule has 2 aliphatic heterocycles. The predicted octanol–water partition coefficient (Wildman–Crippen LogP) is 2.97. The van der Waals surface area contributed by atoms with E-state index in [2.05, 4.69) is 34.9 Å². The Kier molecular flexibility index (Phi) is 5.83. The lowest BCUT2D eigenvalue weighted by Gasteiger charge is -2.30. The number of nitrogens with two attached hydrogens (primary N) is 1. The first-order chi connectivity index (χ1) is 14.0. The molecule has 1 amide bonds. The fourth-order valence-corrected chi connectivity index (χ4v) is 4.47. The number of morpholine rings is 1. The van der Waals surface area contributed by atoms with Crippen molar-refractivity contribution in [3.8, 4) is 0 Å². The Morgan fingerprint density at radius 1 is 1.17 bits per heavy atom. The first kappa shape index (κ1) is 19.9. The van der Waals surface area contributed by atoms with E-state index in [0.29, 0.717) is 11.3 Å². The number of aryl methyl sites for hydroxylation is 2. The van der Waals surface area contributed by atoms with E-state index in [-0.39, 0.29) is 6.04 Å². The van der Waals surface area contributed by atoms with Crippen molar-refractivity contribution in [1.29, 1.82) is 0 Å². The summed E-state index contributed by atoms with van der Waals surface area (Å²) in [7, 11) is 0. The molecular formula is C23H30N4O2. The van der Waals surface area contributed by atoms with Gasteiger partial charge in [0.05, 0.1) is 36.2 Å². The third-order valence-corrected chi connectivity index (χ3v) is 6.15. The molecule has 0 bridgehead atoms. The number of nitrogens with zero attached hydrogens (tertiary/aromatic N) is 3. The number of carbonyl (C=O) groups excluding carboxylic acids is 1. The van der Waals surface area contributed by atoms with Crippen molar-refractivity contribution in [2.45, 2.75) is 39.3 Å². The van der Waals surface area contributed by atoms with Crippen molar-refractivity contribution in [3.63, 3.8) is 0 Å². The summed E-state index contributed by atoms with van der Waals surface area (Å²) in [6, 6.07) is 10.9. The Bertz CT molecular complexity index is 892. The van der Waals surface area contributed by atoms with Crippen LogP contribution in [0.4, 0.5) is 5.69 Å². The highest BCUT2D eigenvalue weighted by atomic mass is 16.5. The monoisotopic (exact) mass is 394 g/mol. The number of carbonyl (C=O) groups is 1. The topological polar surface area (TPSA) is 71.7 Å². The Hall–Kier alpha value is -2.44. The molecule has 0 saturated carbocycles. The van der Waals surface area contributed by atoms with Crippen molar-refractivity contribution in [3.05, 3.63) is 58.4 Å². The second-order valence-electron chi connectivity index (χ2n) is 8.07. The highest BCUT2D eigenvalue weighted by Gasteiger charge is 2.28. The van der Waals surface area contributed by atoms with Crippen molar-refractivity contribution >= 4 is 11.6 Å². The summed E-state index contributed by atoms with van der Waals surface area (Å²) in [6.07, 6.45) is 2.25. The van der Waals surface area contributed by atoms with Crippen LogP contribution in [0, 0.1) is 13.8 Å². The fraction of sp³-hybridized carbons (Fsp3) is 0.478. The zero-order chi connectivity index (χ0) is 20.4. The number of primary amides is 1. The second kappa shape index (κ2) is 8.51. The van der Waals surface area contributed by atoms with E-state index in [1.54, 1.807) is 0 Å². The zero-order valence-electron chi connectivity index (χ0n) is 17.4. The quantitative estimate of drug-likeness (QED) is 0.844. The Morgan fingerprint density at radius 2 is 1.97 bits per heavy atom. The minimum Gasteiger partial charge on any atom is -0.378 e. The molecule has 2 saturated heterocycles. The van der Waals surface area contributed by atoms with Crippen LogP contribution in [0.2, 0.25) is 0 Å². The minimum atomic E-state index is -0.416. The van der Waals surface area contributed by atoms with Crippen LogP contribution < -0.4 is 10.6 Å². The van der Waals surface area contributed by atoms with E-state index in [0.717, 1.165) is 57.9 Å². The van der Waals surface area contributed by atoms with E-state index < -0.39 is 5.91 Å². The minimum absolute atomic E-state index is 0.286. The Morgan fingerprint density at radius 3 is 2.66 bits per heavy atom. The molecule has 6 nitrogen and oxygen atoms in total. The summed E-state index contributed by atoms with van der Waals surface area (Å²) < 4.78 is 5.47. The van der Waals surface area contributed by atoms with Gasteiger partial charge in [-0.25, -0.2) is 0 Å². The smallest absolute Gasteiger partial charge is 0.250 e. The normalized spacial score (nSPS) is 20.2. The lowest BCUT2D eigenvalue weighted by atomic mass is 10.0.